The molecule has 0 atom stereocenters. The number of benzene rings is 1. The Balaban J connectivity index is 2.13. The zero-order valence-electron chi connectivity index (χ0n) is 12.0. The lowest BCUT2D eigenvalue weighted by Gasteiger charge is -2.28. The Morgan fingerprint density at radius 3 is 2.47 bits per heavy atom. The third-order valence-electron chi connectivity index (χ3n) is 3.70. The molecule has 0 amide bonds. The van der Waals surface area contributed by atoms with E-state index in [1.54, 1.807) is 0 Å². The second kappa shape index (κ2) is 7.27. The molecule has 0 aliphatic carbocycles. The Bertz CT molecular complexity index is 384. The summed E-state index contributed by atoms with van der Waals surface area (Å²) in [6, 6.07) is 6.14. The summed E-state index contributed by atoms with van der Waals surface area (Å²) >= 11 is 0. The van der Waals surface area contributed by atoms with Gasteiger partial charge in [-0.1, -0.05) is 32.3 Å². The molecule has 0 bridgehead atoms. The third kappa shape index (κ3) is 3.79. The van der Waals surface area contributed by atoms with Crippen molar-refractivity contribution in [1.82, 2.24) is 0 Å². The van der Waals surface area contributed by atoms with Crippen LogP contribution in [0, 0.1) is 0 Å². The maximum absolute atomic E-state index is 6.28. The second-order valence-electron chi connectivity index (χ2n) is 5.29. The predicted molar refractivity (Wildman–Crippen MR) is 81.9 cm³/mol. The van der Waals surface area contributed by atoms with E-state index in [9.17, 15) is 0 Å². The van der Waals surface area contributed by atoms with Crippen molar-refractivity contribution in [2.24, 2.45) is 0 Å². The van der Waals surface area contributed by atoms with E-state index in [4.69, 9.17) is 10.5 Å². The van der Waals surface area contributed by atoms with Gasteiger partial charge in [-0.3, -0.25) is 0 Å². The zero-order chi connectivity index (χ0) is 13.5. The molecule has 1 saturated heterocycles. The van der Waals surface area contributed by atoms with E-state index in [-0.39, 0.29) is 0 Å². The Labute approximate surface area is 116 Å². The number of anilines is 2. The van der Waals surface area contributed by atoms with Gasteiger partial charge in [-0.2, -0.15) is 0 Å². The highest BCUT2D eigenvalue weighted by Crippen LogP contribution is 2.33. The van der Waals surface area contributed by atoms with Crippen LogP contribution in [-0.4, -0.2) is 19.7 Å². The standard InChI is InChI=1S/C16H26N2O/c1-2-13-19-15-10-8-9-14(16(15)17)18-11-6-4-3-5-7-12-18/h8-10H,2-7,11-13,17H2,1H3. The number of nitrogens with two attached hydrogens (primary N) is 1. The van der Waals surface area contributed by atoms with Crippen LogP contribution in [0.25, 0.3) is 0 Å². The van der Waals surface area contributed by atoms with Gasteiger partial charge in [0.05, 0.1) is 18.0 Å². The average Bonchev–Trinajstić information content (AvgIpc) is 2.38. The molecule has 0 aromatic heterocycles. The maximum Gasteiger partial charge on any atom is 0.144 e. The lowest BCUT2D eigenvalue weighted by Crippen LogP contribution is -2.27. The van der Waals surface area contributed by atoms with Gasteiger partial charge in [0.25, 0.3) is 0 Å². The van der Waals surface area contributed by atoms with Crippen LogP contribution in [0.2, 0.25) is 0 Å². The molecule has 2 N–H and O–H groups in total. The Kier molecular flexibility index (Phi) is 5.37. The van der Waals surface area contributed by atoms with Crippen molar-refractivity contribution < 1.29 is 4.74 Å². The fourth-order valence-corrected chi connectivity index (χ4v) is 2.63. The summed E-state index contributed by atoms with van der Waals surface area (Å²) in [5.74, 6) is 0.835. The fourth-order valence-electron chi connectivity index (χ4n) is 2.63. The molecule has 0 radical (unpaired) electrons. The molecule has 1 fully saturated rings. The smallest absolute Gasteiger partial charge is 0.144 e. The highest BCUT2D eigenvalue weighted by Gasteiger charge is 2.14. The van der Waals surface area contributed by atoms with Crippen LogP contribution in [0.5, 0.6) is 5.75 Å². The monoisotopic (exact) mass is 262 g/mol. The van der Waals surface area contributed by atoms with Crippen LogP contribution in [-0.2, 0) is 0 Å². The summed E-state index contributed by atoms with van der Waals surface area (Å²) in [5, 5.41) is 0. The summed E-state index contributed by atoms with van der Waals surface area (Å²) in [6.07, 6.45) is 7.58. The van der Waals surface area contributed by atoms with Gasteiger partial charge in [0, 0.05) is 13.1 Å². The van der Waals surface area contributed by atoms with Crippen molar-refractivity contribution in [3.8, 4) is 5.75 Å². The molecule has 3 nitrogen and oxygen atoms in total. The van der Waals surface area contributed by atoms with Gasteiger partial charge in [-0.25, -0.2) is 0 Å². The highest BCUT2D eigenvalue weighted by atomic mass is 16.5. The quantitative estimate of drug-likeness (QED) is 0.838. The number of hydrogen-bond donors (Lipinski definition) is 1. The van der Waals surface area contributed by atoms with Gasteiger partial charge in [0.1, 0.15) is 5.75 Å². The van der Waals surface area contributed by atoms with Crippen LogP contribution < -0.4 is 15.4 Å². The number of ether oxygens (including phenoxy) is 1. The maximum atomic E-state index is 6.28. The van der Waals surface area contributed by atoms with E-state index in [0.717, 1.165) is 43.2 Å². The number of para-hydroxylation sites is 1. The molecule has 1 aliphatic rings. The molecule has 0 saturated carbocycles. The summed E-state index contributed by atoms with van der Waals surface area (Å²) < 4.78 is 5.72. The minimum absolute atomic E-state index is 0.730. The van der Waals surface area contributed by atoms with Crippen LogP contribution in [0.15, 0.2) is 18.2 Å². The van der Waals surface area contributed by atoms with Gasteiger partial charge < -0.3 is 15.4 Å². The van der Waals surface area contributed by atoms with Crippen molar-refractivity contribution >= 4 is 11.4 Å². The molecular weight excluding hydrogens is 236 g/mol. The topological polar surface area (TPSA) is 38.5 Å². The minimum Gasteiger partial charge on any atom is -0.491 e. The van der Waals surface area contributed by atoms with Crippen LogP contribution in [0.4, 0.5) is 11.4 Å². The molecule has 1 heterocycles. The lowest BCUT2D eigenvalue weighted by molar-refractivity contribution is 0.319. The van der Waals surface area contributed by atoms with E-state index in [2.05, 4.69) is 24.0 Å². The van der Waals surface area contributed by atoms with Gasteiger partial charge in [0.15, 0.2) is 0 Å². The van der Waals surface area contributed by atoms with Gasteiger partial charge in [0.2, 0.25) is 0 Å². The second-order valence-corrected chi connectivity index (χ2v) is 5.29. The number of rotatable bonds is 4. The fraction of sp³-hybridized carbons (Fsp3) is 0.625. The Hall–Kier alpha value is -1.38. The van der Waals surface area contributed by atoms with Gasteiger partial charge in [-0.15, -0.1) is 0 Å². The molecule has 19 heavy (non-hydrogen) atoms. The predicted octanol–water partition coefficient (Wildman–Crippen LogP) is 3.83. The first-order chi connectivity index (χ1) is 9.33. The molecule has 106 valence electrons. The molecule has 1 aliphatic heterocycles. The summed E-state index contributed by atoms with van der Waals surface area (Å²) in [7, 11) is 0. The molecule has 0 spiro atoms. The molecule has 3 heteroatoms. The van der Waals surface area contributed by atoms with E-state index in [1.807, 2.05) is 6.07 Å². The molecule has 1 aromatic carbocycles. The van der Waals surface area contributed by atoms with Crippen molar-refractivity contribution in [3.63, 3.8) is 0 Å². The van der Waals surface area contributed by atoms with Gasteiger partial charge in [-0.05, 0) is 31.4 Å². The summed E-state index contributed by atoms with van der Waals surface area (Å²) in [5.41, 5.74) is 8.23. The van der Waals surface area contributed by atoms with Crippen molar-refractivity contribution in [1.29, 1.82) is 0 Å². The largest absolute Gasteiger partial charge is 0.491 e. The van der Waals surface area contributed by atoms with Crippen LogP contribution in [0.3, 0.4) is 0 Å². The van der Waals surface area contributed by atoms with E-state index in [0.29, 0.717) is 0 Å². The molecule has 2 rings (SSSR count). The van der Waals surface area contributed by atoms with E-state index >= 15 is 0 Å². The summed E-state index contributed by atoms with van der Waals surface area (Å²) in [4.78, 5) is 2.42. The lowest BCUT2D eigenvalue weighted by atomic mass is 10.1. The third-order valence-corrected chi connectivity index (χ3v) is 3.70. The molecule has 1 aromatic rings. The number of nitrogen functional groups attached to an aromatic ring is 1. The van der Waals surface area contributed by atoms with Crippen LogP contribution >= 0.6 is 0 Å². The zero-order valence-corrected chi connectivity index (χ0v) is 12.0. The van der Waals surface area contributed by atoms with Crippen LogP contribution in [0.1, 0.15) is 45.4 Å². The molecular formula is C16H26N2O. The highest BCUT2D eigenvalue weighted by molar-refractivity contribution is 5.74. The number of nitrogens with zero attached hydrogens (tertiary/aromatic N) is 1. The first-order valence-electron chi connectivity index (χ1n) is 7.59. The van der Waals surface area contributed by atoms with E-state index in [1.165, 1.54) is 32.1 Å². The average molecular weight is 262 g/mol. The van der Waals surface area contributed by atoms with Crippen molar-refractivity contribution in [2.75, 3.05) is 30.3 Å². The SMILES string of the molecule is CCCOc1cccc(N2CCCCCCC2)c1N. The van der Waals surface area contributed by atoms with Crippen molar-refractivity contribution in [2.45, 2.75) is 45.4 Å². The van der Waals surface area contributed by atoms with E-state index < -0.39 is 0 Å². The first kappa shape index (κ1) is 14.0. The Morgan fingerprint density at radius 2 is 1.79 bits per heavy atom. The minimum atomic E-state index is 0.730. The first-order valence-corrected chi connectivity index (χ1v) is 7.59. The van der Waals surface area contributed by atoms with Crippen molar-refractivity contribution in [3.05, 3.63) is 18.2 Å². The van der Waals surface area contributed by atoms with Gasteiger partial charge >= 0.3 is 0 Å². The normalized spacial score (nSPS) is 16.8. The summed E-state index contributed by atoms with van der Waals surface area (Å²) in [6.45, 7) is 5.06. The molecule has 0 unspecified atom stereocenters. The Morgan fingerprint density at radius 1 is 1.11 bits per heavy atom. The number of hydrogen-bond acceptors (Lipinski definition) is 3.